The van der Waals surface area contributed by atoms with Gasteiger partial charge in [0, 0.05) is 0 Å². The lowest BCUT2D eigenvalue weighted by Gasteiger charge is -2.63. The Balaban J connectivity index is 2.40. The molecule has 0 saturated heterocycles. The summed E-state index contributed by atoms with van der Waals surface area (Å²) in [5.74, 6) is -26.1. The van der Waals surface area contributed by atoms with Crippen molar-refractivity contribution in [3.05, 3.63) is 5.92 Å². The van der Waals surface area contributed by atoms with Crippen molar-refractivity contribution in [1.82, 2.24) is 0 Å². The molecule has 0 aromatic heterocycles. The molecule has 0 aromatic carbocycles. The first-order valence-corrected chi connectivity index (χ1v) is 3.38. The molecule has 2 aliphatic carbocycles. The second-order valence-corrected chi connectivity index (χ2v) is 3.24. The van der Waals surface area contributed by atoms with Gasteiger partial charge in [0.05, 0.1) is 0 Å². The Kier molecular flexibility index (Phi) is 1.34. The van der Waals surface area contributed by atoms with Crippen LogP contribution in [0.1, 0.15) is 0 Å². The van der Waals surface area contributed by atoms with Gasteiger partial charge in [-0.3, -0.25) is 0 Å². The summed E-state index contributed by atoms with van der Waals surface area (Å²) >= 11 is 0. The van der Waals surface area contributed by atoms with E-state index in [1.165, 1.54) is 0 Å². The van der Waals surface area contributed by atoms with Gasteiger partial charge in [0.25, 0.3) is 0 Å². The summed E-state index contributed by atoms with van der Waals surface area (Å²) in [5, 5.41) is 0. The third-order valence-corrected chi connectivity index (χ3v) is 2.53. The highest BCUT2D eigenvalue weighted by molar-refractivity contribution is 5.47. The molecule has 0 spiro atoms. The van der Waals surface area contributed by atoms with Crippen molar-refractivity contribution < 1.29 is 35.1 Å². The lowest BCUT2D eigenvalue weighted by molar-refractivity contribution is -0.446. The van der Waals surface area contributed by atoms with E-state index in [1.54, 1.807) is 0 Å². The highest BCUT2D eigenvalue weighted by Gasteiger charge is 3.02. The molecule has 81 valence electrons. The molecule has 0 nitrogen and oxygen atoms in total. The van der Waals surface area contributed by atoms with Crippen LogP contribution < -0.4 is 0 Å². The zero-order chi connectivity index (χ0) is 11.2. The van der Waals surface area contributed by atoms with Crippen molar-refractivity contribution in [3.8, 4) is 0 Å². The first kappa shape index (κ1) is 9.97. The van der Waals surface area contributed by atoms with E-state index in [0.29, 0.717) is 0 Å². The molecule has 0 unspecified atom stereocenters. The second-order valence-electron chi connectivity index (χ2n) is 3.24. The van der Waals surface area contributed by atoms with Crippen LogP contribution in [0.2, 0.25) is 0 Å². The molecule has 2 saturated carbocycles. The summed E-state index contributed by atoms with van der Waals surface area (Å²) in [6.45, 7) is 0. The lowest BCUT2D eigenvalue weighted by atomic mass is 9.49. The van der Waals surface area contributed by atoms with Crippen molar-refractivity contribution in [2.45, 2.75) is 23.7 Å². The van der Waals surface area contributed by atoms with Crippen LogP contribution in [0, 0.1) is 11.8 Å². The van der Waals surface area contributed by atoms with E-state index < -0.39 is 35.5 Å². The van der Waals surface area contributed by atoms with E-state index in [0.717, 1.165) is 0 Å². The summed E-state index contributed by atoms with van der Waals surface area (Å²) < 4.78 is 98.1. The molecule has 0 atom stereocenters. The lowest BCUT2D eigenvalue weighted by Crippen LogP contribution is -2.86. The van der Waals surface area contributed by atoms with Gasteiger partial charge in [0.15, 0.2) is 0 Å². The predicted molar refractivity (Wildman–Crippen MR) is 26.5 cm³/mol. The Bertz CT molecular complexity index is 234. The maximum absolute atomic E-state index is 12.3. The molecule has 2 rings (SSSR count). The van der Waals surface area contributed by atoms with Gasteiger partial charge in [-0.25, -0.2) is 0 Å². The highest BCUT2D eigenvalue weighted by atomic mass is 19.3. The quantitative estimate of drug-likeness (QED) is 0.556. The fourth-order valence-electron chi connectivity index (χ4n) is 1.72. The molecular weight excluding hydrogens is 224 g/mol. The molecule has 8 heteroatoms. The van der Waals surface area contributed by atoms with E-state index >= 15 is 0 Å². The minimum atomic E-state index is -5.12. The number of hydrogen-bond acceptors (Lipinski definition) is 0. The van der Waals surface area contributed by atoms with Crippen LogP contribution in [-0.2, 0) is 0 Å². The third-order valence-electron chi connectivity index (χ3n) is 2.53. The average Bonchev–Trinajstić information content (AvgIpc) is 1.97. The summed E-state index contributed by atoms with van der Waals surface area (Å²) in [5.41, 5.74) is 0. The standard InChI is InChI=1S/C6HF8/c7-3(8)1-2(5(3,11)12)6(13,14)4(1,9)10/h1H. The van der Waals surface area contributed by atoms with Crippen LogP contribution in [0.5, 0.6) is 0 Å². The molecule has 2 aliphatic rings. The fourth-order valence-corrected chi connectivity index (χ4v) is 1.72. The van der Waals surface area contributed by atoms with E-state index in [-0.39, 0.29) is 0 Å². The molecule has 0 aliphatic heterocycles. The van der Waals surface area contributed by atoms with Crippen LogP contribution in [0.4, 0.5) is 35.1 Å². The smallest absolute Gasteiger partial charge is 0.199 e. The van der Waals surface area contributed by atoms with Crippen molar-refractivity contribution in [3.63, 3.8) is 0 Å². The Morgan fingerprint density at radius 2 is 0.929 bits per heavy atom. The normalized spacial score (nSPS) is 36.9. The van der Waals surface area contributed by atoms with Crippen LogP contribution in [0.25, 0.3) is 0 Å². The van der Waals surface area contributed by atoms with Crippen LogP contribution in [0.15, 0.2) is 0 Å². The molecule has 14 heavy (non-hydrogen) atoms. The largest absolute Gasteiger partial charge is 0.324 e. The van der Waals surface area contributed by atoms with Crippen LogP contribution in [-0.4, -0.2) is 23.7 Å². The van der Waals surface area contributed by atoms with E-state index in [9.17, 15) is 35.1 Å². The van der Waals surface area contributed by atoms with Gasteiger partial charge in [0.1, 0.15) is 11.8 Å². The minimum Gasteiger partial charge on any atom is -0.199 e. The van der Waals surface area contributed by atoms with Gasteiger partial charge in [-0.05, 0) is 0 Å². The number of rotatable bonds is 0. The summed E-state index contributed by atoms with van der Waals surface area (Å²) in [4.78, 5) is 0. The van der Waals surface area contributed by atoms with Crippen molar-refractivity contribution >= 4 is 0 Å². The molecule has 1 radical (unpaired) electrons. The van der Waals surface area contributed by atoms with Gasteiger partial charge >= 0.3 is 23.7 Å². The molecule has 0 amide bonds. The van der Waals surface area contributed by atoms with E-state index in [4.69, 9.17) is 0 Å². The number of alkyl halides is 8. The Morgan fingerprint density at radius 1 is 0.643 bits per heavy atom. The number of halogens is 8. The number of fused-ring (bicyclic) bond motifs is 1. The van der Waals surface area contributed by atoms with Gasteiger partial charge in [-0.1, -0.05) is 0 Å². The van der Waals surface area contributed by atoms with Gasteiger partial charge in [-0.2, -0.15) is 35.1 Å². The zero-order valence-corrected chi connectivity index (χ0v) is 6.10. The topological polar surface area (TPSA) is 0 Å². The monoisotopic (exact) mass is 225 g/mol. The minimum absolute atomic E-state index is 2.35. The maximum Gasteiger partial charge on any atom is 0.324 e. The second kappa shape index (κ2) is 1.88. The molecule has 0 bridgehead atoms. The molecular formula is C6HF8. The fraction of sp³-hybridized carbons (Fsp3) is 0.833. The van der Waals surface area contributed by atoms with Crippen molar-refractivity contribution in [2.24, 2.45) is 5.92 Å². The summed E-state index contributed by atoms with van der Waals surface area (Å²) in [7, 11) is 0. The van der Waals surface area contributed by atoms with Crippen molar-refractivity contribution in [2.75, 3.05) is 0 Å². The molecule has 0 heterocycles. The highest BCUT2D eigenvalue weighted by Crippen LogP contribution is 2.79. The summed E-state index contributed by atoms with van der Waals surface area (Å²) in [6, 6.07) is 0. The molecule has 0 aromatic rings. The first-order valence-electron chi connectivity index (χ1n) is 3.38. The molecule has 0 N–H and O–H groups in total. The van der Waals surface area contributed by atoms with Crippen LogP contribution >= 0.6 is 0 Å². The van der Waals surface area contributed by atoms with Gasteiger partial charge < -0.3 is 0 Å². The predicted octanol–water partition coefficient (Wildman–Crippen LogP) is 2.75. The Morgan fingerprint density at radius 3 is 1.14 bits per heavy atom. The van der Waals surface area contributed by atoms with Crippen molar-refractivity contribution in [1.29, 1.82) is 0 Å². The average molecular weight is 225 g/mol. The van der Waals surface area contributed by atoms with E-state index in [1.807, 2.05) is 0 Å². The van der Waals surface area contributed by atoms with Gasteiger partial charge in [0.2, 0.25) is 0 Å². The third kappa shape index (κ3) is 0.604. The zero-order valence-electron chi connectivity index (χ0n) is 6.10. The SMILES string of the molecule is FC1(F)[C]2C(C1(F)F)C(F)(F)C2(F)F. The van der Waals surface area contributed by atoms with Gasteiger partial charge in [-0.15, -0.1) is 0 Å². The molecule has 2 fully saturated rings. The Hall–Kier alpha value is -0.560. The Labute approximate surface area is 71.9 Å². The first-order chi connectivity index (χ1) is 5.99. The van der Waals surface area contributed by atoms with E-state index in [2.05, 4.69) is 0 Å². The maximum atomic E-state index is 12.3. The number of hydrogen-bond donors (Lipinski definition) is 0. The summed E-state index contributed by atoms with van der Waals surface area (Å²) in [6.07, 6.45) is 0. The van der Waals surface area contributed by atoms with Crippen LogP contribution in [0.3, 0.4) is 0 Å².